The van der Waals surface area contributed by atoms with Gasteiger partial charge in [-0.2, -0.15) is 0 Å². The molecule has 2 nitrogen and oxygen atoms in total. The molecule has 0 saturated heterocycles. The molecule has 0 aliphatic rings. The lowest BCUT2D eigenvalue weighted by molar-refractivity contribution is 0.0978. The topological polar surface area (TPSA) is 26.3 Å². The Morgan fingerprint density at radius 1 is 1.00 bits per heavy atom. The number of hydrogen-bond donors (Lipinski definition) is 0. The first-order chi connectivity index (χ1) is 9.97. The van der Waals surface area contributed by atoms with E-state index >= 15 is 0 Å². The Kier molecular flexibility index (Phi) is 5.43. The summed E-state index contributed by atoms with van der Waals surface area (Å²) in [7, 11) is 0. The summed E-state index contributed by atoms with van der Waals surface area (Å²) in [6.45, 7) is 4.02. The Bertz CT molecular complexity index is 606. The molecule has 2 aromatic rings. The smallest absolute Gasteiger partial charge is 0.176 e. The average molecular weight is 368 g/mol. The van der Waals surface area contributed by atoms with E-state index in [9.17, 15) is 4.79 Å². The van der Waals surface area contributed by atoms with Crippen molar-refractivity contribution >= 4 is 33.3 Å². The minimum atomic E-state index is -0.166. The summed E-state index contributed by atoms with van der Waals surface area (Å²) in [5.74, 6) is 1.73. The van der Waals surface area contributed by atoms with E-state index in [-0.39, 0.29) is 16.5 Å². The van der Waals surface area contributed by atoms with Gasteiger partial charge >= 0.3 is 0 Å². The van der Waals surface area contributed by atoms with Crippen molar-refractivity contribution in [2.24, 2.45) is 5.92 Å². The molecule has 0 N–H and O–H groups in total. The van der Waals surface area contributed by atoms with Crippen molar-refractivity contribution in [3.63, 3.8) is 0 Å². The molecule has 21 heavy (non-hydrogen) atoms. The quantitative estimate of drug-likeness (QED) is 0.498. The Balaban J connectivity index is 2.08. The van der Waals surface area contributed by atoms with E-state index in [2.05, 4.69) is 15.9 Å². The molecule has 4 heteroatoms. The van der Waals surface area contributed by atoms with Gasteiger partial charge in [-0.3, -0.25) is 4.79 Å². The van der Waals surface area contributed by atoms with Gasteiger partial charge in [-0.25, -0.2) is 0 Å². The van der Waals surface area contributed by atoms with E-state index in [0.29, 0.717) is 22.1 Å². The highest BCUT2D eigenvalue weighted by atomic mass is 79.9. The van der Waals surface area contributed by atoms with Crippen LogP contribution in [0.4, 0.5) is 0 Å². The summed E-state index contributed by atoms with van der Waals surface area (Å²) in [6.07, 6.45) is 0. The zero-order valence-electron chi connectivity index (χ0n) is 11.8. The number of halogens is 2. The highest BCUT2D eigenvalue weighted by Gasteiger charge is 2.20. The molecule has 0 heterocycles. The van der Waals surface area contributed by atoms with Crippen LogP contribution in [-0.2, 0) is 0 Å². The van der Waals surface area contributed by atoms with Crippen LogP contribution >= 0.6 is 27.5 Å². The zero-order chi connectivity index (χ0) is 15.4. The van der Waals surface area contributed by atoms with Crippen molar-refractivity contribution < 1.29 is 9.53 Å². The molecule has 0 saturated carbocycles. The van der Waals surface area contributed by atoms with Crippen molar-refractivity contribution in [3.05, 3.63) is 59.1 Å². The second kappa shape index (κ2) is 7.10. The van der Waals surface area contributed by atoms with Gasteiger partial charge in [0.15, 0.2) is 5.78 Å². The fourth-order valence-corrected chi connectivity index (χ4v) is 2.18. The Morgan fingerprint density at radius 2 is 1.48 bits per heavy atom. The van der Waals surface area contributed by atoms with Crippen LogP contribution in [-0.4, -0.2) is 10.6 Å². The van der Waals surface area contributed by atoms with Gasteiger partial charge in [-0.15, -0.1) is 0 Å². The molecule has 0 spiro atoms. The van der Waals surface area contributed by atoms with Gasteiger partial charge in [0.2, 0.25) is 0 Å². The van der Waals surface area contributed by atoms with E-state index in [1.165, 1.54) is 0 Å². The lowest BCUT2D eigenvalue weighted by Gasteiger charge is -2.12. The molecule has 0 radical (unpaired) electrons. The van der Waals surface area contributed by atoms with Crippen molar-refractivity contribution in [1.29, 1.82) is 0 Å². The summed E-state index contributed by atoms with van der Waals surface area (Å²) in [4.78, 5) is 12.0. The second-order valence-corrected chi connectivity index (χ2v) is 6.51. The van der Waals surface area contributed by atoms with E-state index in [1.54, 1.807) is 48.5 Å². The Hall–Kier alpha value is -1.32. The predicted octanol–water partition coefficient (Wildman–Crippen LogP) is 5.73. The van der Waals surface area contributed by atoms with Gasteiger partial charge in [-0.05, 0) is 54.4 Å². The maximum absolute atomic E-state index is 12.2. The number of carbonyl (C=O) groups is 1. The Morgan fingerprint density at radius 3 is 1.95 bits per heavy atom. The normalized spacial score (nSPS) is 12.2. The highest BCUT2D eigenvalue weighted by Crippen LogP contribution is 2.25. The third-order valence-corrected chi connectivity index (χ3v) is 4.75. The first-order valence-corrected chi connectivity index (χ1v) is 7.98. The molecule has 0 amide bonds. The summed E-state index contributed by atoms with van der Waals surface area (Å²) < 4.78 is 5.69. The minimum absolute atomic E-state index is 0.0862. The van der Waals surface area contributed by atoms with Crippen LogP contribution in [0.1, 0.15) is 24.2 Å². The monoisotopic (exact) mass is 366 g/mol. The molecular weight excluding hydrogens is 352 g/mol. The van der Waals surface area contributed by atoms with Crippen LogP contribution in [0.5, 0.6) is 11.5 Å². The van der Waals surface area contributed by atoms with Gasteiger partial charge in [0.25, 0.3) is 0 Å². The van der Waals surface area contributed by atoms with Crippen LogP contribution in [0.15, 0.2) is 48.5 Å². The van der Waals surface area contributed by atoms with Crippen LogP contribution in [0.2, 0.25) is 5.02 Å². The van der Waals surface area contributed by atoms with E-state index in [0.717, 1.165) is 0 Å². The van der Waals surface area contributed by atoms with Crippen molar-refractivity contribution in [1.82, 2.24) is 0 Å². The average Bonchev–Trinajstić information content (AvgIpc) is 2.49. The molecule has 0 aromatic heterocycles. The maximum Gasteiger partial charge on any atom is 0.176 e. The maximum atomic E-state index is 12.2. The first-order valence-electron chi connectivity index (χ1n) is 6.69. The fourth-order valence-electron chi connectivity index (χ4n) is 1.79. The molecule has 0 aliphatic carbocycles. The van der Waals surface area contributed by atoms with Gasteiger partial charge in [0.05, 0.1) is 4.83 Å². The number of alkyl halides is 1. The number of ketones is 1. The summed E-state index contributed by atoms with van der Waals surface area (Å²) in [5.41, 5.74) is 0.675. The molecule has 2 rings (SSSR count). The zero-order valence-corrected chi connectivity index (χ0v) is 14.2. The molecule has 2 aromatic carbocycles. The number of benzene rings is 2. The summed E-state index contributed by atoms with van der Waals surface area (Å²) in [5, 5.41) is 0.667. The van der Waals surface area contributed by atoms with Gasteiger partial charge in [-0.1, -0.05) is 41.4 Å². The summed E-state index contributed by atoms with van der Waals surface area (Å²) >= 11 is 9.26. The lowest BCUT2D eigenvalue weighted by Crippen LogP contribution is -2.19. The third-order valence-electron chi connectivity index (χ3n) is 3.02. The number of Topliss-reactive ketones (excluding diaryl/α,β-unsaturated/α-hetero) is 1. The predicted molar refractivity (Wildman–Crippen MR) is 89.9 cm³/mol. The van der Waals surface area contributed by atoms with Crippen LogP contribution < -0.4 is 4.74 Å². The van der Waals surface area contributed by atoms with E-state index in [1.807, 2.05) is 13.8 Å². The van der Waals surface area contributed by atoms with Gasteiger partial charge < -0.3 is 4.74 Å². The summed E-state index contributed by atoms with van der Waals surface area (Å²) in [6, 6.07) is 14.3. The number of rotatable bonds is 5. The molecule has 0 aliphatic heterocycles. The molecule has 0 bridgehead atoms. The van der Waals surface area contributed by atoms with Crippen LogP contribution in [0, 0.1) is 5.92 Å². The molecule has 110 valence electrons. The Labute approximate surface area is 138 Å². The van der Waals surface area contributed by atoms with Crippen LogP contribution in [0.3, 0.4) is 0 Å². The largest absolute Gasteiger partial charge is 0.457 e. The lowest BCUT2D eigenvalue weighted by atomic mass is 10.0. The molecule has 1 unspecified atom stereocenters. The van der Waals surface area contributed by atoms with E-state index in [4.69, 9.17) is 16.3 Å². The SMILES string of the molecule is CC(C)C(Br)C(=O)c1ccc(Oc2ccc(Cl)cc2)cc1. The second-order valence-electron chi connectivity index (χ2n) is 5.09. The standard InChI is InChI=1S/C17H16BrClO2/c1-11(2)16(18)17(20)12-3-7-14(8-4-12)21-15-9-5-13(19)6-10-15/h3-11,16H,1-2H3. The van der Waals surface area contributed by atoms with Gasteiger partial charge in [0, 0.05) is 10.6 Å². The van der Waals surface area contributed by atoms with Crippen molar-refractivity contribution in [2.45, 2.75) is 18.7 Å². The third kappa shape index (κ3) is 4.32. The highest BCUT2D eigenvalue weighted by molar-refractivity contribution is 9.10. The number of carbonyl (C=O) groups excluding carboxylic acids is 1. The molecule has 1 atom stereocenters. The van der Waals surface area contributed by atoms with Crippen LogP contribution in [0.25, 0.3) is 0 Å². The first kappa shape index (κ1) is 16.1. The van der Waals surface area contributed by atoms with Crippen molar-refractivity contribution in [3.8, 4) is 11.5 Å². The van der Waals surface area contributed by atoms with Gasteiger partial charge in [0.1, 0.15) is 11.5 Å². The van der Waals surface area contributed by atoms with E-state index < -0.39 is 0 Å². The number of hydrogen-bond acceptors (Lipinski definition) is 2. The molecule has 0 fully saturated rings. The minimum Gasteiger partial charge on any atom is -0.457 e. The molecular formula is C17H16BrClO2. The number of ether oxygens (including phenoxy) is 1. The fraction of sp³-hybridized carbons (Fsp3) is 0.235. The van der Waals surface area contributed by atoms with Crippen molar-refractivity contribution in [2.75, 3.05) is 0 Å².